The van der Waals surface area contributed by atoms with E-state index in [0.29, 0.717) is 22.1 Å². The average Bonchev–Trinajstić information content (AvgIpc) is 3.82. The van der Waals surface area contributed by atoms with Crippen molar-refractivity contribution in [2.75, 3.05) is 0 Å². The maximum absolute atomic E-state index is 11.4. The molecule has 0 aromatic carbocycles. The molecular weight excluding hydrogens is 660 g/mol. The third-order valence-electron chi connectivity index (χ3n) is 8.84. The molecular formula is C38H40FeN6O4. The number of hydrogen-bond acceptors (Lipinski definition) is 5. The van der Waals surface area contributed by atoms with Gasteiger partial charge in [-0.05, 0) is 70.6 Å². The number of fused-ring (bicyclic) bond motifs is 8. The first-order valence-electron chi connectivity index (χ1n) is 15.6. The zero-order chi connectivity index (χ0) is 34.7. The predicted octanol–water partition coefficient (Wildman–Crippen LogP) is 0.413. The molecule has 0 spiro atoms. The van der Waals surface area contributed by atoms with Crippen LogP contribution in [0.25, 0.3) is 36.5 Å². The Labute approximate surface area is 297 Å². The van der Waals surface area contributed by atoms with Gasteiger partial charge < -0.3 is 44.3 Å². The van der Waals surface area contributed by atoms with Gasteiger partial charge >= 0.3 is 19.9 Å². The Balaban J connectivity index is 0.000000909. The van der Waals surface area contributed by atoms with E-state index in [0.717, 1.165) is 66.6 Å². The normalized spacial score (nSPS) is 14.2. The number of aryl methyl sites for hydroxylation is 1. The number of nitrogens with one attached hydrogen (secondary N) is 2. The Hall–Kier alpha value is -5.25. The fraction of sp³-hybridized carbons (Fsp3) is 0.237. The number of hydrogen-bond donors (Lipinski definition) is 2. The molecule has 5 aromatic heterocycles. The van der Waals surface area contributed by atoms with E-state index < -0.39 is 11.9 Å². The van der Waals surface area contributed by atoms with Crippen LogP contribution in [0.4, 0.5) is 0 Å². The molecule has 11 heteroatoms. The summed E-state index contributed by atoms with van der Waals surface area (Å²) in [5.74, 6) is -2.29. The molecule has 10 nitrogen and oxygen atoms in total. The summed E-state index contributed by atoms with van der Waals surface area (Å²) in [5.41, 5.74) is 10.2. The second-order valence-electron chi connectivity index (χ2n) is 11.9. The minimum atomic E-state index is -1.15. The summed E-state index contributed by atoms with van der Waals surface area (Å²) in [6.07, 6.45) is 17.0. The molecule has 254 valence electrons. The molecule has 0 unspecified atom stereocenters. The van der Waals surface area contributed by atoms with Crippen LogP contribution in [-0.4, -0.2) is 31.5 Å². The number of aliphatic carboxylic acids is 2. The van der Waals surface area contributed by atoms with Crippen molar-refractivity contribution in [1.29, 1.82) is 0 Å². The van der Waals surface area contributed by atoms with E-state index >= 15 is 0 Å². The Kier molecular flexibility index (Phi) is 11.4. The van der Waals surface area contributed by atoms with Crippen LogP contribution in [0.3, 0.4) is 0 Å². The molecule has 0 amide bonds. The summed E-state index contributed by atoms with van der Waals surface area (Å²) in [4.78, 5) is 43.5. The largest absolute Gasteiger partial charge is 2.00 e. The molecule has 8 bridgehead atoms. The summed E-state index contributed by atoms with van der Waals surface area (Å²) in [6, 6.07) is 0. The van der Waals surface area contributed by atoms with Crippen molar-refractivity contribution in [3.05, 3.63) is 121 Å². The number of carbonyl (C=O) groups is 2. The van der Waals surface area contributed by atoms with Crippen molar-refractivity contribution < 1.29 is 39.7 Å². The molecule has 0 atom stereocenters. The molecule has 0 radical (unpaired) electrons. The zero-order valence-corrected chi connectivity index (χ0v) is 29.3. The topological polar surface area (TPSA) is 158 Å². The number of aromatic amines is 2. The molecule has 49 heavy (non-hydrogen) atoms. The third-order valence-corrected chi connectivity index (χ3v) is 8.84. The van der Waals surface area contributed by atoms with Crippen molar-refractivity contribution in [3.63, 3.8) is 0 Å². The quantitative estimate of drug-likeness (QED) is 0.218. The number of carboxylic acids is 2. The number of carboxylic acid groups (broad SMARTS) is 2. The Morgan fingerprint density at radius 1 is 0.796 bits per heavy atom. The van der Waals surface area contributed by atoms with E-state index in [1.54, 1.807) is 18.6 Å². The van der Waals surface area contributed by atoms with Crippen molar-refractivity contribution in [2.45, 2.75) is 53.4 Å². The van der Waals surface area contributed by atoms with Gasteiger partial charge in [-0.15, -0.1) is 22.1 Å². The molecule has 2 N–H and O–H groups in total. The van der Waals surface area contributed by atoms with Crippen LogP contribution >= 0.6 is 0 Å². The first-order valence-corrected chi connectivity index (χ1v) is 15.6. The standard InChI is InChI=1S/C34H34N4O4.C4H6N2.Fe/c1-7-21-17(3)25-13-26-19(5)23(9-11-33(39)40)31(37-26)16-32-24(10-12-34(41)42)20(6)28(38-32)15-30-22(8-2)18(4)27(36-30)14-29(21)35-25;1-6-3-2-5-4-6;/h7-8,13-16,35-36H,1-2,9-12H2,3-6H3,(H,39,40)(H,41,42);2-4H,1H3;/q-2;;+2/b25-13-,26-13?,27-14?,28-15-,29-14-,30-15?,31-16?,32-16-;;. The molecule has 1 aliphatic heterocycles. The second-order valence-corrected chi connectivity index (χ2v) is 11.9. The van der Waals surface area contributed by atoms with Crippen LogP contribution in [-0.2, 0) is 46.5 Å². The van der Waals surface area contributed by atoms with E-state index in [2.05, 4.69) is 28.1 Å². The van der Waals surface area contributed by atoms with E-state index in [1.165, 1.54) is 0 Å². The fourth-order valence-electron chi connectivity index (χ4n) is 6.08. The van der Waals surface area contributed by atoms with Crippen molar-refractivity contribution in [2.24, 2.45) is 7.05 Å². The number of carbonyl (C=O) groups excluding carboxylic acids is 2. The van der Waals surface area contributed by atoms with Gasteiger partial charge in [0.05, 0.1) is 6.33 Å². The Morgan fingerprint density at radius 3 is 2.04 bits per heavy atom. The van der Waals surface area contributed by atoms with Crippen molar-refractivity contribution in [3.8, 4) is 0 Å². The summed E-state index contributed by atoms with van der Waals surface area (Å²) >= 11 is 0. The average molecular weight is 701 g/mol. The smallest absolute Gasteiger partial charge is 0.657 e. The molecule has 0 saturated carbocycles. The molecule has 0 fully saturated rings. The van der Waals surface area contributed by atoms with Gasteiger partial charge in [0.15, 0.2) is 0 Å². The summed E-state index contributed by atoms with van der Waals surface area (Å²) in [5, 5.41) is 25.8. The summed E-state index contributed by atoms with van der Waals surface area (Å²) in [6.45, 7) is 16.0. The van der Waals surface area contributed by atoms with Crippen LogP contribution < -0.4 is 41.6 Å². The van der Waals surface area contributed by atoms with E-state index in [9.17, 15) is 19.8 Å². The number of rotatable bonds is 8. The predicted molar refractivity (Wildman–Crippen MR) is 185 cm³/mol. The number of H-pyrrole nitrogens is 2. The maximum atomic E-state index is 11.4. The minimum Gasteiger partial charge on any atom is -0.657 e. The van der Waals surface area contributed by atoms with E-state index in [1.807, 2.05) is 75.9 Å². The van der Waals surface area contributed by atoms with Crippen LogP contribution in [0.5, 0.6) is 0 Å². The van der Waals surface area contributed by atoms with Gasteiger partial charge in [-0.2, -0.15) is 0 Å². The van der Waals surface area contributed by atoms with Crippen LogP contribution in [0, 0.1) is 27.7 Å². The maximum Gasteiger partial charge on any atom is 2.00 e. The van der Waals surface area contributed by atoms with Crippen LogP contribution in [0.2, 0.25) is 0 Å². The minimum absolute atomic E-state index is 0. The van der Waals surface area contributed by atoms with Crippen LogP contribution in [0.15, 0.2) is 31.9 Å². The van der Waals surface area contributed by atoms with Gasteiger partial charge in [-0.25, -0.2) is 4.98 Å². The van der Waals surface area contributed by atoms with Crippen molar-refractivity contribution >= 4 is 48.4 Å². The third kappa shape index (κ3) is 7.74. The Morgan fingerprint density at radius 2 is 1.47 bits per heavy atom. The van der Waals surface area contributed by atoms with Gasteiger partial charge in [0.2, 0.25) is 0 Å². The number of nitrogens with zero attached hydrogens (tertiary/aromatic N) is 4. The number of imidazole rings is 1. The van der Waals surface area contributed by atoms with Crippen LogP contribution in [0.1, 0.15) is 83.0 Å². The monoisotopic (exact) mass is 700 g/mol. The number of aromatic nitrogens is 6. The van der Waals surface area contributed by atoms with E-state index in [-0.39, 0.29) is 45.6 Å². The molecule has 0 saturated heterocycles. The first-order chi connectivity index (χ1) is 22.9. The van der Waals surface area contributed by atoms with Crippen molar-refractivity contribution in [1.82, 2.24) is 29.5 Å². The Bertz CT molecular complexity index is 2310. The first kappa shape index (κ1) is 36.6. The van der Waals surface area contributed by atoms with Gasteiger partial charge in [-0.1, -0.05) is 65.8 Å². The SMILES string of the molecule is C=Cc1c2[nH]c(c1C)/C=c1\[nH]/c(c(C)c1C=C)=C\c1[n-]c(c(CCC(=O)[O-])c1C)/C=c1\[n-]/c(c(C)c1CCC(=O)[O-])=C\2.Cn1ccnc1.[Fe+2].[H+].[H+]. The molecule has 5 aromatic rings. The molecule has 6 rings (SSSR count). The molecule has 0 aliphatic carbocycles. The molecule has 1 aliphatic rings. The molecule has 6 heterocycles. The summed E-state index contributed by atoms with van der Waals surface area (Å²) in [7, 11) is 1.94. The van der Waals surface area contributed by atoms with E-state index in [4.69, 9.17) is 9.97 Å². The fourth-order valence-corrected chi connectivity index (χ4v) is 6.08. The van der Waals surface area contributed by atoms with Gasteiger partial charge in [-0.3, -0.25) is 0 Å². The van der Waals surface area contributed by atoms with Gasteiger partial charge in [0.1, 0.15) is 0 Å². The second kappa shape index (κ2) is 15.3. The van der Waals surface area contributed by atoms with Gasteiger partial charge in [0, 0.05) is 64.6 Å². The zero-order valence-electron chi connectivity index (χ0n) is 30.2. The summed E-state index contributed by atoms with van der Waals surface area (Å²) < 4.78 is 1.89. The van der Waals surface area contributed by atoms with Gasteiger partial charge in [0.25, 0.3) is 0 Å².